The normalized spacial score (nSPS) is 11.7. The van der Waals surface area contributed by atoms with E-state index >= 15 is 0 Å². The summed E-state index contributed by atoms with van der Waals surface area (Å²) in [6, 6.07) is 0. The Morgan fingerprint density at radius 2 is 0.649 bits per heavy atom. The van der Waals surface area contributed by atoms with Crippen LogP contribution in [0.25, 0.3) is 0 Å². The molecule has 0 aliphatic heterocycles. The number of hydrogen-bond donors (Lipinski definition) is 1. The molecule has 0 atom stereocenters. The molecular formula is C48H97N3O6. The molecule has 0 aromatic carbocycles. The van der Waals surface area contributed by atoms with Gasteiger partial charge < -0.3 is 34.0 Å². The minimum absolute atomic E-state index is 0.0438. The molecule has 9 nitrogen and oxygen atoms in total. The molecular weight excluding hydrogens is 715 g/mol. The fourth-order valence-corrected chi connectivity index (χ4v) is 7.37. The van der Waals surface area contributed by atoms with Gasteiger partial charge in [0.25, 0.3) is 0 Å². The maximum absolute atomic E-state index is 12.6. The van der Waals surface area contributed by atoms with Gasteiger partial charge in [-0.1, -0.05) is 143 Å². The zero-order chi connectivity index (χ0) is 41.7. The minimum Gasteiger partial charge on any atom is -0.466 e. The monoisotopic (exact) mass is 812 g/mol. The van der Waals surface area contributed by atoms with E-state index in [2.05, 4.69) is 42.4 Å². The van der Waals surface area contributed by atoms with Crippen molar-refractivity contribution in [3.8, 4) is 0 Å². The molecule has 0 aromatic heterocycles. The average Bonchev–Trinajstić information content (AvgIpc) is 3.21. The Morgan fingerprint density at radius 3 is 1.04 bits per heavy atom. The summed E-state index contributed by atoms with van der Waals surface area (Å²) < 4.78 is 16.9. The number of carbonyl (C=O) groups is 2. The van der Waals surface area contributed by atoms with Gasteiger partial charge in [-0.15, -0.1) is 0 Å². The van der Waals surface area contributed by atoms with Crippen LogP contribution in [-0.2, 0) is 23.8 Å². The average molecular weight is 812 g/mol. The van der Waals surface area contributed by atoms with Crippen LogP contribution in [0.15, 0.2) is 0 Å². The van der Waals surface area contributed by atoms with E-state index in [1.165, 1.54) is 128 Å². The Kier molecular flexibility index (Phi) is 44.8. The first-order valence-electron chi connectivity index (χ1n) is 24.7. The fourth-order valence-electron chi connectivity index (χ4n) is 7.37. The van der Waals surface area contributed by atoms with E-state index in [4.69, 9.17) is 19.3 Å². The third kappa shape index (κ3) is 41.3. The van der Waals surface area contributed by atoms with Gasteiger partial charge in [-0.2, -0.15) is 0 Å². The predicted octanol–water partition coefficient (Wildman–Crippen LogP) is 11.0. The van der Waals surface area contributed by atoms with Crippen LogP contribution >= 0.6 is 0 Å². The highest BCUT2D eigenvalue weighted by molar-refractivity contribution is 5.69. The topological polar surface area (TPSA) is 91.8 Å². The van der Waals surface area contributed by atoms with Gasteiger partial charge in [0.2, 0.25) is 0 Å². The first kappa shape index (κ1) is 55.7. The summed E-state index contributed by atoms with van der Waals surface area (Å²) in [5.74, 6) is -0.126. The van der Waals surface area contributed by atoms with Crippen LogP contribution in [0.2, 0.25) is 0 Å². The molecule has 0 unspecified atom stereocenters. The van der Waals surface area contributed by atoms with Crippen molar-refractivity contribution in [2.75, 3.05) is 91.9 Å². The molecule has 0 aliphatic carbocycles. The van der Waals surface area contributed by atoms with Crippen molar-refractivity contribution in [1.29, 1.82) is 0 Å². The lowest BCUT2D eigenvalue weighted by atomic mass is 10.1. The summed E-state index contributed by atoms with van der Waals surface area (Å²) in [4.78, 5) is 32.6. The van der Waals surface area contributed by atoms with Crippen molar-refractivity contribution in [2.24, 2.45) is 0 Å². The zero-order valence-corrected chi connectivity index (χ0v) is 38.5. The summed E-state index contributed by atoms with van der Waals surface area (Å²) in [5.41, 5.74) is 0. The van der Waals surface area contributed by atoms with Crippen LogP contribution in [0.4, 0.5) is 0 Å². The number of aliphatic hydroxyl groups is 1. The molecule has 0 rings (SSSR count). The molecule has 0 saturated heterocycles. The maximum atomic E-state index is 12.6. The second kappa shape index (κ2) is 45.8. The number of esters is 2. The highest BCUT2D eigenvalue weighted by atomic mass is 16.5. The van der Waals surface area contributed by atoms with E-state index in [0.717, 1.165) is 97.4 Å². The number of nitrogens with zero attached hydrogens (tertiary/aromatic N) is 3. The first-order valence-corrected chi connectivity index (χ1v) is 24.7. The molecule has 0 aromatic rings. The van der Waals surface area contributed by atoms with Crippen molar-refractivity contribution in [1.82, 2.24) is 14.7 Å². The molecule has 0 saturated carbocycles. The summed E-state index contributed by atoms with van der Waals surface area (Å²) in [5, 5.41) is 9.10. The third-order valence-corrected chi connectivity index (χ3v) is 11.1. The molecule has 0 bridgehead atoms. The van der Waals surface area contributed by atoms with Crippen molar-refractivity contribution < 1.29 is 28.9 Å². The van der Waals surface area contributed by atoms with Crippen molar-refractivity contribution >= 4 is 11.9 Å². The van der Waals surface area contributed by atoms with Crippen LogP contribution in [0.3, 0.4) is 0 Å². The van der Waals surface area contributed by atoms with E-state index < -0.39 is 0 Å². The van der Waals surface area contributed by atoms with E-state index in [1.807, 2.05) is 0 Å². The highest BCUT2D eigenvalue weighted by Gasteiger charge is 2.12. The Balaban J connectivity index is 4.36. The number of ether oxygens (including phenoxy) is 3. The summed E-state index contributed by atoms with van der Waals surface area (Å²) in [6.07, 6.45) is 32.6. The van der Waals surface area contributed by atoms with Crippen molar-refractivity contribution in [3.05, 3.63) is 0 Å². The van der Waals surface area contributed by atoms with E-state index in [-0.39, 0.29) is 18.5 Å². The van der Waals surface area contributed by atoms with Crippen LogP contribution in [0.1, 0.15) is 207 Å². The standard InChI is InChI=1S/C48H97N3O6/c1-5-9-13-17-19-25-35-49(33-23-15-11-7-3)39-31-47(53)56-43-29-22-21-27-37-51(41-45-55-46-42-52)38-28-30-44-57-48(54)32-40-50(34-24-16-12-8-4)36-26-20-18-14-10-6-2/h52H,5-46H2,1-4H3. The molecule has 57 heavy (non-hydrogen) atoms. The molecule has 0 aliphatic rings. The van der Waals surface area contributed by atoms with Gasteiger partial charge in [0.15, 0.2) is 0 Å². The predicted molar refractivity (Wildman–Crippen MR) is 241 cm³/mol. The summed E-state index contributed by atoms with van der Waals surface area (Å²) in [7, 11) is 0. The Bertz CT molecular complexity index is 834. The number of unbranched alkanes of at least 4 members (excludes halogenated alkanes) is 20. The summed E-state index contributed by atoms with van der Waals surface area (Å²) in [6.45, 7) is 19.8. The van der Waals surface area contributed by atoms with Gasteiger partial charge in [0.05, 0.1) is 45.9 Å². The Morgan fingerprint density at radius 1 is 0.351 bits per heavy atom. The lowest BCUT2D eigenvalue weighted by Gasteiger charge is -2.23. The highest BCUT2D eigenvalue weighted by Crippen LogP contribution is 2.11. The van der Waals surface area contributed by atoms with Crippen molar-refractivity contribution in [3.63, 3.8) is 0 Å². The molecule has 0 amide bonds. The molecule has 340 valence electrons. The number of aliphatic hydroxyl groups excluding tert-OH is 1. The van der Waals surface area contributed by atoms with Gasteiger partial charge in [0.1, 0.15) is 0 Å². The fraction of sp³-hybridized carbons (Fsp3) is 0.958. The van der Waals surface area contributed by atoms with Gasteiger partial charge in [-0.25, -0.2) is 0 Å². The van der Waals surface area contributed by atoms with Crippen LogP contribution in [0.5, 0.6) is 0 Å². The van der Waals surface area contributed by atoms with E-state index in [9.17, 15) is 9.59 Å². The molecule has 0 radical (unpaired) electrons. The summed E-state index contributed by atoms with van der Waals surface area (Å²) >= 11 is 0. The minimum atomic E-state index is -0.0697. The van der Waals surface area contributed by atoms with Gasteiger partial charge >= 0.3 is 11.9 Å². The molecule has 0 heterocycles. The van der Waals surface area contributed by atoms with Crippen molar-refractivity contribution in [2.45, 2.75) is 207 Å². The lowest BCUT2D eigenvalue weighted by Crippen LogP contribution is -2.30. The van der Waals surface area contributed by atoms with Crippen LogP contribution in [-0.4, -0.2) is 124 Å². The second-order valence-electron chi connectivity index (χ2n) is 16.6. The van der Waals surface area contributed by atoms with Gasteiger partial charge in [-0.05, 0) is 90.6 Å². The number of carbonyl (C=O) groups excluding carboxylic acids is 2. The maximum Gasteiger partial charge on any atom is 0.307 e. The second-order valence-corrected chi connectivity index (χ2v) is 16.6. The van der Waals surface area contributed by atoms with E-state index in [0.29, 0.717) is 39.3 Å². The van der Waals surface area contributed by atoms with Gasteiger partial charge in [0, 0.05) is 19.6 Å². The first-order chi connectivity index (χ1) is 28.0. The third-order valence-electron chi connectivity index (χ3n) is 11.1. The molecule has 0 spiro atoms. The lowest BCUT2D eigenvalue weighted by molar-refractivity contribution is -0.145. The smallest absolute Gasteiger partial charge is 0.307 e. The number of hydrogen-bond acceptors (Lipinski definition) is 9. The van der Waals surface area contributed by atoms with Gasteiger partial charge in [-0.3, -0.25) is 9.59 Å². The SMILES string of the molecule is CCCCCCCCN(CCCCCC)CCC(=O)OCCCCCCN(CCCCOC(=O)CCN(CCCCCC)CCCCCCCC)CCOCCO. The quantitative estimate of drug-likeness (QED) is 0.0476. The van der Waals surface area contributed by atoms with E-state index in [1.54, 1.807) is 0 Å². The number of rotatable bonds is 47. The van der Waals surface area contributed by atoms with Crippen LogP contribution in [0, 0.1) is 0 Å². The molecule has 0 fully saturated rings. The molecule has 9 heteroatoms. The Hall–Kier alpha value is -1.26. The zero-order valence-electron chi connectivity index (χ0n) is 38.5. The molecule has 1 N–H and O–H groups in total. The largest absolute Gasteiger partial charge is 0.466 e. The Labute approximate surface area is 354 Å². The van der Waals surface area contributed by atoms with Crippen LogP contribution < -0.4 is 0 Å².